The molecular formula is C11H17N3O4S. The van der Waals surface area contributed by atoms with Crippen LogP contribution in [0.15, 0.2) is 17.2 Å². The highest BCUT2D eigenvalue weighted by molar-refractivity contribution is 7.89. The van der Waals surface area contributed by atoms with Gasteiger partial charge in [0.15, 0.2) is 0 Å². The Morgan fingerprint density at radius 2 is 2.11 bits per heavy atom. The van der Waals surface area contributed by atoms with Gasteiger partial charge in [0.2, 0.25) is 10.0 Å². The summed E-state index contributed by atoms with van der Waals surface area (Å²) < 4.78 is 26.8. The lowest BCUT2D eigenvalue weighted by molar-refractivity contribution is 0.0691. The molecule has 2 rings (SSSR count). The Labute approximate surface area is 111 Å². The van der Waals surface area contributed by atoms with Gasteiger partial charge in [-0.05, 0) is 18.9 Å². The van der Waals surface area contributed by atoms with E-state index in [2.05, 4.69) is 9.71 Å². The minimum atomic E-state index is -3.73. The fourth-order valence-corrected chi connectivity index (χ4v) is 3.54. The van der Waals surface area contributed by atoms with E-state index in [0.29, 0.717) is 6.42 Å². The molecule has 0 aromatic carbocycles. The molecule has 1 saturated carbocycles. The van der Waals surface area contributed by atoms with Gasteiger partial charge in [-0.1, -0.05) is 12.8 Å². The molecule has 1 aromatic heterocycles. The largest absolute Gasteiger partial charge is 0.477 e. The minimum Gasteiger partial charge on any atom is -0.477 e. The van der Waals surface area contributed by atoms with Gasteiger partial charge >= 0.3 is 5.97 Å². The van der Waals surface area contributed by atoms with Gasteiger partial charge in [-0.2, -0.15) is 0 Å². The molecule has 19 heavy (non-hydrogen) atoms. The predicted octanol–water partition coefficient (Wildman–Crippen LogP) is 0.261. The van der Waals surface area contributed by atoms with E-state index < -0.39 is 16.0 Å². The van der Waals surface area contributed by atoms with Crippen molar-refractivity contribution in [3.8, 4) is 0 Å². The molecule has 8 heteroatoms. The van der Waals surface area contributed by atoms with E-state index in [1.54, 1.807) is 0 Å². The Hall–Kier alpha value is -1.38. The highest BCUT2D eigenvalue weighted by atomic mass is 32.2. The lowest BCUT2D eigenvalue weighted by atomic mass is 9.92. The highest BCUT2D eigenvalue weighted by Crippen LogP contribution is 2.19. The van der Waals surface area contributed by atoms with E-state index >= 15 is 0 Å². The first kappa shape index (κ1) is 14.0. The smallest absolute Gasteiger partial charge is 0.352 e. The topological polar surface area (TPSA) is 125 Å². The van der Waals surface area contributed by atoms with Gasteiger partial charge in [0.05, 0.1) is 0 Å². The quantitative estimate of drug-likeness (QED) is 0.632. The fourth-order valence-electron chi connectivity index (χ4n) is 2.23. The minimum absolute atomic E-state index is 0.0809. The first-order chi connectivity index (χ1) is 8.90. The number of nitrogens with one attached hydrogen (secondary N) is 2. The molecule has 7 nitrogen and oxygen atoms in total. The highest BCUT2D eigenvalue weighted by Gasteiger charge is 2.28. The van der Waals surface area contributed by atoms with Gasteiger partial charge in [0.1, 0.15) is 10.6 Å². The van der Waals surface area contributed by atoms with Gasteiger partial charge in [-0.3, -0.25) is 0 Å². The molecule has 0 saturated heterocycles. The molecule has 1 aliphatic carbocycles. The number of nitrogens with two attached hydrogens (primary N) is 1. The number of carbonyl (C=O) groups is 1. The number of hydrogen-bond acceptors (Lipinski definition) is 4. The van der Waals surface area contributed by atoms with Gasteiger partial charge in [0.25, 0.3) is 0 Å². The zero-order valence-electron chi connectivity index (χ0n) is 10.3. The average Bonchev–Trinajstić information content (AvgIpc) is 2.82. The van der Waals surface area contributed by atoms with E-state index in [-0.39, 0.29) is 22.7 Å². The Kier molecular flexibility index (Phi) is 3.93. The second-order valence-corrected chi connectivity index (χ2v) is 6.44. The number of aromatic nitrogens is 1. The number of aromatic carboxylic acids is 1. The first-order valence-electron chi connectivity index (χ1n) is 6.10. The van der Waals surface area contributed by atoms with Crippen molar-refractivity contribution in [1.29, 1.82) is 0 Å². The second-order valence-electron chi connectivity index (χ2n) is 4.73. The Bertz CT molecular complexity index is 566. The zero-order valence-corrected chi connectivity index (χ0v) is 11.1. The SMILES string of the molecule is NC1CCCCC1NS(=O)(=O)c1c[nH]c(C(=O)O)c1. The van der Waals surface area contributed by atoms with Crippen molar-refractivity contribution in [1.82, 2.24) is 9.71 Å². The summed E-state index contributed by atoms with van der Waals surface area (Å²) in [7, 11) is -3.73. The summed E-state index contributed by atoms with van der Waals surface area (Å²) in [6.45, 7) is 0. The van der Waals surface area contributed by atoms with Crippen molar-refractivity contribution < 1.29 is 18.3 Å². The fraction of sp³-hybridized carbons (Fsp3) is 0.545. The molecule has 0 bridgehead atoms. The number of sulfonamides is 1. The van der Waals surface area contributed by atoms with Crippen molar-refractivity contribution in [3.05, 3.63) is 18.0 Å². The third-order valence-electron chi connectivity index (χ3n) is 3.32. The Morgan fingerprint density at radius 1 is 1.42 bits per heavy atom. The van der Waals surface area contributed by atoms with Crippen molar-refractivity contribution >= 4 is 16.0 Å². The lowest BCUT2D eigenvalue weighted by Crippen LogP contribution is -2.49. The standard InChI is InChI=1S/C11H17N3O4S/c12-8-3-1-2-4-9(8)14-19(17,18)7-5-10(11(15)16)13-6-7/h5-6,8-9,13-14H,1-4,12H2,(H,15,16). The summed E-state index contributed by atoms with van der Waals surface area (Å²) in [5, 5.41) is 8.76. The van der Waals surface area contributed by atoms with Gasteiger partial charge in [0, 0.05) is 18.3 Å². The van der Waals surface area contributed by atoms with Gasteiger partial charge < -0.3 is 15.8 Å². The van der Waals surface area contributed by atoms with Crippen molar-refractivity contribution in [2.75, 3.05) is 0 Å². The monoisotopic (exact) mass is 287 g/mol. The summed E-state index contributed by atoms with van der Waals surface area (Å²) >= 11 is 0. The molecule has 1 heterocycles. The number of carboxylic acid groups (broad SMARTS) is 1. The molecule has 5 N–H and O–H groups in total. The van der Waals surface area contributed by atoms with E-state index in [9.17, 15) is 13.2 Å². The van der Waals surface area contributed by atoms with E-state index in [1.807, 2.05) is 0 Å². The van der Waals surface area contributed by atoms with Crippen LogP contribution >= 0.6 is 0 Å². The van der Waals surface area contributed by atoms with Gasteiger partial charge in [-0.15, -0.1) is 0 Å². The number of hydrogen-bond donors (Lipinski definition) is 4. The molecule has 0 amide bonds. The molecular weight excluding hydrogens is 270 g/mol. The summed E-state index contributed by atoms with van der Waals surface area (Å²) in [5.41, 5.74) is 5.73. The molecule has 106 valence electrons. The van der Waals surface area contributed by atoms with Crippen LogP contribution in [-0.2, 0) is 10.0 Å². The maximum absolute atomic E-state index is 12.1. The number of carboxylic acids is 1. The van der Waals surface area contributed by atoms with Crippen molar-refractivity contribution in [3.63, 3.8) is 0 Å². The maximum Gasteiger partial charge on any atom is 0.352 e. The molecule has 1 aliphatic rings. The molecule has 0 aliphatic heterocycles. The molecule has 0 spiro atoms. The molecule has 1 aromatic rings. The normalized spacial score (nSPS) is 24.3. The molecule has 2 unspecified atom stereocenters. The van der Waals surface area contributed by atoms with Crippen LogP contribution in [0.5, 0.6) is 0 Å². The third kappa shape index (κ3) is 3.14. The summed E-state index contributed by atoms with van der Waals surface area (Å²) in [4.78, 5) is 13.0. The van der Waals surface area contributed by atoms with E-state index in [0.717, 1.165) is 25.3 Å². The Balaban J connectivity index is 2.15. The van der Waals surface area contributed by atoms with Crippen LogP contribution in [0, 0.1) is 0 Å². The van der Waals surface area contributed by atoms with Crippen LogP contribution in [-0.4, -0.2) is 36.6 Å². The van der Waals surface area contributed by atoms with E-state index in [4.69, 9.17) is 10.8 Å². The van der Waals surface area contributed by atoms with Crippen LogP contribution in [0.3, 0.4) is 0 Å². The number of H-pyrrole nitrogens is 1. The van der Waals surface area contributed by atoms with Crippen molar-refractivity contribution in [2.45, 2.75) is 42.7 Å². The molecule has 1 fully saturated rings. The molecule has 2 atom stereocenters. The third-order valence-corrected chi connectivity index (χ3v) is 4.79. The van der Waals surface area contributed by atoms with Crippen LogP contribution in [0.1, 0.15) is 36.2 Å². The number of aromatic amines is 1. The summed E-state index contributed by atoms with van der Waals surface area (Å²) in [5.74, 6) is -1.20. The summed E-state index contributed by atoms with van der Waals surface area (Å²) in [6.07, 6.45) is 4.61. The van der Waals surface area contributed by atoms with Gasteiger partial charge in [-0.25, -0.2) is 17.9 Å². The first-order valence-corrected chi connectivity index (χ1v) is 7.58. The predicted molar refractivity (Wildman–Crippen MR) is 68.3 cm³/mol. The average molecular weight is 287 g/mol. The van der Waals surface area contributed by atoms with E-state index in [1.165, 1.54) is 6.20 Å². The lowest BCUT2D eigenvalue weighted by Gasteiger charge is -2.28. The van der Waals surface area contributed by atoms with Crippen LogP contribution in [0.25, 0.3) is 0 Å². The van der Waals surface area contributed by atoms with Crippen LogP contribution in [0.4, 0.5) is 0 Å². The second kappa shape index (κ2) is 5.32. The molecule has 0 radical (unpaired) electrons. The number of rotatable bonds is 4. The van der Waals surface area contributed by atoms with Crippen LogP contribution in [0.2, 0.25) is 0 Å². The maximum atomic E-state index is 12.1. The Morgan fingerprint density at radius 3 is 2.68 bits per heavy atom. The zero-order chi connectivity index (χ0) is 14.0. The summed E-state index contributed by atoms with van der Waals surface area (Å²) in [6, 6.07) is 0.613. The van der Waals surface area contributed by atoms with Crippen LogP contribution < -0.4 is 10.5 Å². The van der Waals surface area contributed by atoms with Crippen molar-refractivity contribution in [2.24, 2.45) is 5.73 Å².